The van der Waals surface area contributed by atoms with Gasteiger partial charge in [0.15, 0.2) is 0 Å². The zero-order chi connectivity index (χ0) is 8.69. The molecule has 2 nitrogen and oxygen atoms in total. The molecule has 0 radical (unpaired) electrons. The van der Waals surface area contributed by atoms with Crippen LogP contribution >= 0.6 is 22.6 Å². The van der Waals surface area contributed by atoms with Crippen molar-refractivity contribution in [2.75, 3.05) is 6.61 Å². The van der Waals surface area contributed by atoms with Crippen LogP contribution in [0.1, 0.15) is 33.1 Å². The zero-order valence-electron chi connectivity index (χ0n) is 7.10. The standard InChI is InChI=1S/C8H15IO2/c1-3-5-6-7(9)8(10)11-4-2/h7H,3-6H2,1-2H3. The summed E-state index contributed by atoms with van der Waals surface area (Å²) in [7, 11) is 0. The van der Waals surface area contributed by atoms with Gasteiger partial charge in [0.1, 0.15) is 3.92 Å². The van der Waals surface area contributed by atoms with Gasteiger partial charge in [-0.15, -0.1) is 0 Å². The predicted molar refractivity (Wildman–Crippen MR) is 54.0 cm³/mol. The molecule has 0 aliphatic carbocycles. The highest BCUT2D eigenvalue weighted by Crippen LogP contribution is 2.11. The summed E-state index contributed by atoms with van der Waals surface area (Å²) in [4.78, 5) is 11.0. The molecule has 1 atom stereocenters. The number of carbonyl (C=O) groups is 1. The van der Waals surface area contributed by atoms with E-state index in [1.54, 1.807) is 0 Å². The maximum absolute atomic E-state index is 11.0. The largest absolute Gasteiger partial charge is 0.465 e. The fraction of sp³-hybridized carbons (Fsp3) is 0.875. The number of carbonyl (C=O) groups excluding carboxylic acids is 1. The molecule has 0 N–H and O–H groups in total. The number of esters is 1. The Morgan fingerprint density at radius 3 is 2.64 bits per heavy atom. The Morgan fingerprint density at radius 2 is 2.18 bits per heavy atom. The lowest BCUT2D eigenvalue weighted by atomic mass is 10.2. The van der Waals surface area contributed by atoms with E-state index in [0.29, 0.717) is 6.61 Å². The molecule has 0 rings (SSSR count). The van der Waals surface area contributed by atoms with E-state index < -0.39 is 0 Å². The van der Waals surface area contributed by atoms with Crippen LogP contribution in [0.25, 0.3) is 0 Å². The zero-order valence-corrected chi connectivity index (χ0v) is 9.26. The van der Waals surface area contributed by atoms with E-state index in [1.165, 1.54) is 0 Å². The lowest BCUT2D eigenvalue weighted by molar-refractivity contribution is -0.142. The number of halogens is 1. The van der Waals surface area contributed by atoms with Crippen molar-refractivity contribution in [3.05, 3.63) is 0 Å². The maximum Gasteiger partial charge on any atom is 0.318 e. The smallest absolute Gasteiger partial charge is 0.318 e. The van der Waals surface area contributed by atoms with E-state index in [9.17, 15) is 4.79 Å². The van der Waals surface area contributed by atoms with E-state index in [1.807, 2.05) is 6.92 Å². The van der Waals surface area contributed by atoms with Gasteiger partial charge in [-0.25, -0.2) is 0 Å². The van der Waals surface area contributed by atoms with Crippen molar-refractivity contribution in [3.8, 4) is 0 Å². The number of hydrogen-bond donors (Lipinski definition) is 0. The second kappa shape index (κ2) is 6.88. The van der Waals surface area contributed by atoms with Crippen molar-refractivity contribution in [1.82, 2.24) is 0 Å². The Hall–Kier alpha value is 0.200. The predicted octanol–water partition coefficient (Wildman–Crippen LogP) is 2.54. The first-order valence-electron chi connectivity index (χ1n) is 4.03. The fourth-order valence-corrected chi connectivity index (χ4v) is 1.35. The van der Waals surface area contributed by atoms with E-state index in [4.69, 9.17) is 4.74 Å². The molecule has 11 heavy (non-hydrogen) atoms. The van der Waals surface area contributed by atoms with Gasteiger partial charge in [-0.05, 0) is 13.3 Å². The monoisotopic (exact) mass is 270 g/mol. The molecule has 0 spiro atoms. The average molecular weight is 270 g/mol. The molecule has 0 aromatic heterocycles. The van der Waals surface area contributed by atoms with Crippen LogP contribution < -0.4 is 0 Å². The third-order valence-corrected chi connectivity index (χ3v) is 2.48. The van der Waals surface area contributed by atoms with E-state index >= 15 is 0 Å². The first-order chi connectivity index (χ1) is 5.22. The summed E-state index contributed by atoms with van der Waals surface area (Å²) in [5, 5.41) is 0. The molecule has 0 aromatic carbocycles. The Morgan fingerprint density at radius 1 is 1.55 bits per heavy atom. The topological polar surface area (TPSA) is 26.3 Å². The second-order valence-electron chi connectivity index (χ2n) is 2.36. The summed E-state index contributed by atoms with van der Waals surface area (Å²) in [6.07, 6.45) is 3.18. The molecule has 66 valence electrons. The molecule has 0 saturated carbocycles. The summed E-state index contributed by atoms with van der Waals surface area (Å²) in [5.41, 5.74) is 0. The van der Waals surface area contributed by atoms with Crippen LogP contribution in [0, 0.1) is 0 Å². The molecular weight excluding hydrogens is 255 g/mol. The summed E-state index contributed by atoms with van der Waals surface area (Å²) in [6.45, 7) is 4.44. The van der Waals surface area contributed by atoms with Crippen molar-refractivity contribution in [2.45, 2.75) is 37.0 Å². The molecule has 0 aromatic rings. The minimum absolute atomic E-state index is 0.0486. The van der Waals surface area contributed by atoms with Crippen molar-refractivity contribution in [2.24, 2.45) is 0 Å². The fourth-order valence-electron chi connectivity index (χ4n) is 0.734. The van der Waals surface area contributed by atoms with Gasteiger partial charge < -0.3 is 4.74 Å². The average Bonchev–Trinajstić information content (AvgIpc) is 2.00. The van der Waals surface area contributed by atoms with Gasteiger partial charge in [-0.1, -0.05) is 42.4 Å². The lowest BCUT2D eigenvalue weighted by Crippen LogP contribution is -2.16. The van der Waals surface area contributed by atoms with Crippen LogP contribution in [0.5, 0.6) is 0 Å². The highest BCUT2D eigenvalue weighted by atomic mass is 127. The summed E-state index contributed by atoms with van der Waals surface area (Å²) in [6, 6.07) is 0. The molecule has 0 heterocycles. The lowest BCUT2D eigenvalue weighted by Gasteiger charge is -2.07. The molecule has 0 bridgehead atoms. The van der Waals surface area contributed by atoms with Crippen molar-refractivity contribution < 1.29 is 9.53 Å². The van der Waals surface area contributed by atoms with Crippen molar-refractivity contribution in [1.29, 1.82) is 0 Å². The molecule has 0 aliphatic rings. The first kappa shape index (κ1) is 11.2. The van der Waals surface area contributed by atoms with Gasteiger partial charge >= 0.3 is 5.97 Å². The third-order valence-electron chi connectivity index (χ3n) is 1.35. The Kier molecular flexibility index (Phi) is 7.01. The van der Waals surface area contributed by atoms with Crippen LogP contribution in [0.15, 0.2) is 0 Å². The van der Waals surface area contributed by atoms with Crippen LogP contribution in [-0.2, 0) is 9.53 Å². The van der Waals surface area contributed by atoms with Crippen LogP contribution in [0.2, 0.25) is 0 Å². The van der Waals surface area contributed by atoms with Gasteiger partial charge in [-0.3, -0.25) is 4.79 Å². The SMILES string of the molecule is CCCCC(I)C(=O)OCC. The Balaban J connectivity index is 3.46. The van der Waals surface area contributed by atoms with Crippen molar-refractivity contribution >= 4 is 28.6 Å². The first-order valence-corrected chi connectivity index (χ1v) is 5.27. The quantitative estimate of drug-likeness (QED) is 0.436. The summed E-state index contributed by atoms with van der Waals surface area (Å²) in [5.74, 6) is -0.0680. The molecular formula is C8H15IO2. The molecule has 0 saturated heterocycles. The van der Waals surface area contributed by atoms with Crippen LogP contribution in [0.3, 0.4) is 0 Å². The Labute approximate surface area is 81.8 Å². The number of hydrogen-bond acceptors (Lipinski definition) is 2. The second-order valence-corrected chi connectivity index (χ2v) is 3.87. The van der Waals surface area contributed by atoms with Gasteiger partial charge in [0.2, 0.25) is 0 Å². The highest BCUT2D eigenvalue weighted by Gasteiger charge is 2.13. The van der Waals surface area contributed by atoms with Gasteiger partial charge in [0.05, 0.1) is 6.61 Å². The molecule has 3 heteroatoms. The number of unbranched alkanes of at least 4 members (excludes halogenated alkanes) is 1. The number of ether oxygens (including phenoxy) is 1. The van der Waals surface area contributed by atoms with Gasteiger partial charge in [0.25, 0.3) is 0 Å². The van der Waals surface area contributed by atoms with Crippen LogP contribution in [-0.4, -0.2) is 16.5 Å². The molecule has 1 unspecified atom stereocenters. The highest BCUT2D eigenvalue weighted by molar-refractivity contribution is 14.1. The molecule has 0 amide bonds. The van der Waals surface area contributed by atoms with Gasteiger partial charge in [0, 0.05) is 0 Å². The number of alkyl halides is 1. The van der Waals surface area contributed by atoms with Gasteiger partial charge in [-0.2, -0.15) is 0 Å². The normalized spacial score (nSPS) is 12.6. The van der Waals surface area contributed by atoms with E-state index in [-0.39, 0.29) is 9.89 Å². The number of rotatable bonds is 5. The maximum atomic E-state index is 11.0. The summed E-state index contributed by atoms with van der Waals surface area (Å²) >= 11 is 2.14. The third kappa shape index (κ3) is 5.47. The summed E-state index contributed by atoms with van der Waals surface area (Å²) < 4.78 is 4.90. The van der Waals surface area contributed by atoms with Crippen LogP contribution in [0.4, 0.5) is 0 Å². The van der Waals surface area contributed by atoms with E-state index in [0.717, 1.165) is 19.3 Å². The molecule has 0 fully saturated rings. The van der Waals surface area contributed by atoms with Crippen molar-refractivity contribution in [3.63, 3.8) is 0 Å². The minimum Gasteiger partial charge on any atom is -0.465 e. The minimum atomic E-state index is -0.0680. The molecule has 0 aliphatic heterocycles. The Bertz CT molecular complexity index is 115. The van der Waals surface area contributed by atoms with E-state index in [2.05, 4.69) is 29.5 Å².